The van der Waals surface area contributed by atoms with E-state index < -0.39 is 42.1 Å². The quantitative estimate of drug-likeness (QED) is 0.491. The summed E-state index contributed by atoms with van der Waals surface area (Å²) in [7, 11) is 0. The molecule has 0 saturated carbocycles. The molecule has 0 unspecified atom stereocenters. The Morgan fingerprint density at radius 2 is 1.78 bits per heavy atom. The van der Waals surface area contributed by atoms with Gasteiger partial charge in [-0.3, -0.25) is 0 Å². The Morgan fingerprint density at radius 3 is 2.35 bits per heavy atom. The van der Waals surface area contributed by atoms with Crippen molar-refractivity contribution in [3.63, 3.8) is 0 Å². The lowest BCUT2D eigenvalue weighted by Crippen LogP contribution is -2.47. The molecule has 8 heteroatoms. The molecule has 0 aliphatic carbocycles. The maximum atomic E-state index is 11.5. The van der Waals surface area contributed by atoms with Crippen molar-refractivity contribution in [2.45, 2.75) is 57.9 Å². The van der Waals surface area contributed by atoms with Crippen LogP contribution in [0, 0.1) is 0 Å². The predicted molar refractivity (Wildman–Crippen MR) is 78.2 cm³/mol. The van der Waals surface area contributed by atoms with Gasteiger partial charge in [-0.25, -0.2) is 9.59 Å². The Labute approximate surface area is 135 Å². The molecule has 132 valence electrons. The number of ether oxygens (including phenoxy) is 4. The highest BCUT2D eigenvalue weighted by Crippen LogP contribution is 2.31. The molecule has 0 radical (unpaired) electrons. The van der Waals surface area contributed by atoms with E-state index in [-0.39, 0.29) is 13.2 Å². The van der Waals surface area contributed by atoms with Gasteiger partial charge < -0.3 is 29.2 Å². The number of hydrogen-bond acceptors (Lipinski definition) is 8. The van der Waals surface area contributed by atoms with Crippen LogP contribution in [0.5, 0.6) is 0 Å². The van der Waals surface area contributed by atoms with Gasteiger partial charge in [0, 0.05) is 6.08 Å². The molecule has 2 N–H and O–H groups in total. The molecule has 1 aliphatic heterocycles. The standard InChI is InChI=1S/C15H24O8/c1-5-20-10(16)8-7-9-13(23-15(3,4)22-9)11(17)12(18)14(19)21-6-2/h7-9,11-13,17-18H,5-6H2,1-4H3/b8-7+/t9-,11-,12-,13+/m1/s1. The van der Waals surface area contributed by atoms with Gasteiger partial charge in [-0.15, -0.1) is 0 Å². The van der Waals surface area contributed by atoms with Gasteiger partial charge in [-0.1, -0.05) is 0 Å². The average molecular weight is 332 g/mol. The summed E-state index contributed by atoms with van der Waals surface area (Å²) in [6.07, 6.45) is -2.74. The average Bonchev–Trinajstić information content (AvgIpc) is 2.79. The van der Waals surface area contributed by atoms with Crippen LogP contribution in [0.3, 0.4) is 0 Å². The molecule has 0 aromatic heterocycles. The van der Waals surface area contributed by atoms with E-state index >= 15 is 0 Å². The summed E-state index contributed by atoms with van der Waals surface area (Å²) >= 11 is 0. The summed E-state index contributed by atoms with van der Waals surface area (Å²) in [5.74, 6) is -2.58. The number of aliphatic hydroxyl groups excluding tert-OH is 2. The highest BCUT2D eigenvalue weighted by Gasteiger charge is 2.47. The maximum Gasteiger partial charge on any atom is 0.337 e. The zero-order chi connectivity index (χ0) is 17.6. The van der Waals surface area contributed by atoms with E-state index in [0.29, 0.717) is 0 Å². The number of rotatable bonds is 7. The molecule has 23 heavy (non-hydrogen) atoms. The summed E-state index contributed by atoms with van der Waals surface area (Å²) in [4.78, 5) is 22.9. The first kappa shape index (κ1) is 19.6. The van der Waals surface area contributed by atoms with Gasteiger partial charge >= 0.3 is 11.9 Å². The molecule has 4 atom stereocenters. The Kier molecular flexibility index (Phi) is 7.14. The number of carbonyl (C=O) groups is 2. The monoisotopic (exact) mass is 332 g/mol. The molecule has 1 aliphatic rings. The van der Waals surface area contributed by atoms with Crippen LogP contribution in [-0.4, -0.2) is 65.6 Å². The van der Waals surface area contributed by atoms with Gasteiger partial charge in [0.15, 0.2) is 11.9 Å². The van der Waals surface area contributed by atoms with Crippen LogP contribution in [0.1, 0.15) is 27.7 Å². The molecule has 0 aromatic carbocycles. The van der Waals surface area contributed by atoms with E-state index in [1.807, 2.05) is 0 Å². The van der Waals surface area contributed by atoms with Crippen molar-refractivity contribution in [3.05, 3.63) is 12.2 Å². The molecule has 8 nitrogen and oxygen atoms in total. The lowest BCUT2D eigenvalue weighted by Gasteiger charge is -2.24. The zero-order valence-electron chi connectivity index (χ0n) is 13.7. The van der Waals surface area contributed by atoms with E-state index in [0.717, 1.165) is 6.08 Å². The van der Waals surface area contributed by atoms with Crippen molar-refractivity contribution in [2.24, 2.45) is 0 Å². The fraction of sp³-hybridized carbons (Fsp3) is 0.733. The molecule has 0 bridgehead atoms. The van der Waals surface area contributed by atoms with Crippen LogP contribution in [0.2, 0.25) is 0 Å². The lowest BCUT2D eigenvalue weighted by atomic mass is 10.0. The topological polar surface area (TPSA) is 112 Å². The van der Waals surface area contributed by atoms with Gasteiger partial charge in [-0.05, 0) is 33.8 Å². The zero-order valence-corrected chi connectivity index (χ0v) is 13.7. The number of aliphatic hydroxyl groups is 2. The molecule has 0 aromatic rings. The minimum Gasteiger partial charge on any atom is -0.464 e. The van der Waals surface area contributed by atoms with Crippen molar-refractivity contribution >= 4 is 11.9 Å². The fourth-order valence-electron chi connectivity index (χ4n) is 2.14. The van der Waals surface area contributed by atoms with Crippen molar-refractivity contribution < 1.29 is 38.7 Å². The molecular weight excluding hydrogens is 308 g/mol. The molecule has 1 heterocycles. The van der Waals surface area contributed by atoms with Crippen LogP contribution in [-0.2, 0) is 28.5 Å². The van der Waals surface area contributed by atoms with E-state index in [9.17, 15) is 19.8 Å². The molecule has 0 amide bonds. The Hall–Kier alpha value is -1.48. The highest BCUT2D eigenvalue weighted by molar-refractivity contribution is 5.82. The van der Waals surface area contributed by atoms with Gasteiger partial charge in [0.1, 0.15) is 18.3 Å². The Balaban J connectivity index is 2.83. The first-order chi connectivity index (χ1) is 10.7. The predicted octanol–water partition coefficient (Wildman–Crippen LogP) is -0.0893. The Bertz CT molecular complexity index is 445. The normalized spacial score (nSPS) is 26.0. The Morgan fingerprint density at radius 1 is 1.17 bits per heavy atom. The van der Waals surface area contributed by atoms with Gasteiger partial charge in [0.25, 0.3) is 0 Å². The summed E-state index contributed by atoms with van der Waals surface area (Å²) < 4.78 is 20.5. The largest absolute Gasteiger partial charge is 0.464 e. The smallest absolute Gasteiger partial charge is 0.337 e. The van der Waals surface area contributed by atoms with Gasteiger partial charge in [0.05, 0.1) is 13.2 Å². The molecular formula is C15H24O8. The minimum absolute atomic E-state index is 0.0717. The third-order valence-corrected chi connectivity index (χ3v) is 3.06. The third kappa shape index (κ3) is 5.58. The summed E-state index contributed by atoms with van der Waals surface area (Å²) in [5.41, 5.74) is 0. The van der Waals surface area contributed by atoms with Crippen molar-refractivity contribution in [2.75, 3.05) is 13.2 Å². The first-order valence-corrected chi connectivity index (χ1v) is 7.45. The first-order valence-electron chi connectivity index (χ1n) is 7.45. The van der Waals surface area contributed by atoms with Crippen molar-refractivity contribution in [3.8, 4) is 0 Å². The second-order valence-corrected chi connectivity index (χ2v) is 5.36. The molecule has 1 fully saturated rings. The summed E-state index contributed by atoms with van der Waals surface area (Å²) in [6.45, 7) is 6.78. The second kappa shape index (κ2) is 8.39. The van der Waals surface area contributed by atoms with Crippen LogP contribution in [0.4, 0.5) is 0 Å². The van der Waals surface area contributed by atoms with Crippen LogP contribution >= 0.6 is 0 Å². The van der Waals surface area contributed by atoms with Crippen LogP contribution < -0.4 is 0 Å². The van der Waals surface area contributed by atoms with Gasteiger partial charge in [0.2, 0.25) is 0 Å². The van der Waals surface area contributed by atoms with Crippen LogP contribution in [0.15, 0.2) is 12.2 Å². The number of carbonyl (C=O) groups excluding carboxylic acids is 2. The third-order valence-electron chi connectivity index (χ3n) is 3.06. The van der Waals surface area contributed by atoms with Crippen LogP contribution in [0.25, 0.3) is 0 Å². The highest BCUT2D eigenvalue weighted by atomic mass is 16.8. The lowest BCUT2D eigenvalue weighted by molar-refractivity contribution is -0.176. The second-order valence-electron chi connectivity index (χ2n) is 5.36. The van der Waals surface area contributed by atoms with Crippen molar-refractivity contribution in [1.82, 2.24) is 0 Å². The maximum absolute atomic E-state index is 11.5. The van der Waals surface area contributed by atoms with E-state index in [4.69, 9.17) is 14.2 Å². The van der Waals surface area contributed by atoms with E-state index in [2.05, 4.69) is 4.74 Å². The van der Waals surface area contributed by atoms with Crippen molar-refractivity contribution in [1.29, 1.82) is 0 Å². The number of esters is 2. The fourth-order valence-corrected chi connectivity index (χ4v) is 2.14. The molecule has 0 spiro atoms. The minimum atomic E-state index is -1.78. The molecule has 1 rings (SSSR count). The number of hydrogen-bond donors (Lipinski definition) is 2. The molecule has 1 saturated heterocycles. The summed E-state index contributed by atoms with van der Waals surface area (Å²) in [6, 6.07) is 0. The SMILES string of the molecule is CCOC(=O)/C=C/[C@H]1OC(C)(C)O[C@@H]1[C@H](O)[C@@H](O)C(=O)OCC. The van der Waals surface area contributed by atoms with E-state index in [1.54, 1.807) is 27.7 Å². The summed E-state index contributed by atoms with van der Waals surface area (Å²) in [5, 5.41) is 20.0. The van der Waals surface area contributed by atoms with Gasteiger partial charge in [-0.2, -0.15) is 0 Å². The van der Waals surface area contributed by atoms with E-state index in [1.165, 1.54) is 6.08 Å².